The maximum atomic E-state index is 11.2. The molecule has 76 valence electrons. The Hall–Kier alpha value is -0.900. The lowest BCUT2D eigenvalue weighted by molar-refractivity contribution is -0.137. The number of carbonyl (C=O) groups is 2. The molecule has 13 heavy (non-hydrogen) atoms. The number of Topliss-reactive ketones (excluding diaryl/α,β-unsaturated/α-hetero) is 1. The molecule has 0 N–H and O–H groups in total. The second kappa shape index (κ2) is 5.70. The first-order valence-electron chi connectivity index (χ1n) is 4.24. The first-order valence-corrected chi connectivity index (χ1v) is 4.24. The highest BCUT2D eigenvalue weighted by Crippen LogP contribution is 1.96. The Kier molecular flexibility index (Phi) is 5.30. The molecule has 0 rings (SSSR count). The second-order valence-electron chi connectivity index (χ2n) is 3.30. The molecule has 1 amide bonds. The van der Waals surface area contributed by atoms with Crippen molar-refractivity contribution in [3.8, 4) is 0 Å². The molecule has 0 spiro atoms. The predicted octanol–water partition coefficient (Wildman–Crippen LogP) is 0.316. The van der Waals surface area contributed by atoms with Crippen molar-refractivity contribution in [2.75, 3.05) is 27.3 Å². The fraction of sp³-hybridized carbons (Fsp3) is 0.778. The summed E-state index contributed by atoms with van der Waals surface area (Å²) >= 11 is 0. The van der Waals surface area contributed by atoms with Gasteiger partial charge in [0, 0.05) is 20.1 Å². The molecule has 0 atom stereocenters. The van der Waals surface area contributed by atoms with Crippen LogP contribution in [0.1, 0.15) is 13.8 Å². The molecule has 0 radical (unpaired) electrons. The highest BCUT2D eigenvalue weighted by Gasteiger charge is 2.14. The number of carbonyl (C=O) groups excluding carboxylic acids is 2. The summed E-state index contributed by atoms with van der Waals surface area (Å²) in [6.07, 6.45) is 0. The highest BCUT2D eigenvalue weighted by atomic mass is 16.5. The summed E-state index contributed by atoms with van der Waals surface area (Å²) in [6.45, 7) is 3.83. The van der Waals surface area contributed by atoms with E-state index in [4.69, 9.17) is 0 Å². The zero-order chi connectivity index (χ0) is 10.4. The van der Waals surface area contributed by atoms with Gasteiger partial charge in [0.15, 0.2) is 5.78 Å². The van der Waals surface area contributed by atoms with Crippen LogP contribution in [-0.2, 0) is 14.3 Å². The molecule has 0 saturated carbocycles. The third-order valence-corrected chi connectivity index (χ3v) is 1.73. The number of hydrogen-bond donors (Lipinski definition) is 0. The van der Waals surface area contributed by atoms with Crippen molar-refractivity contribution in [2.45, 2.75) is 13.8 Å². The molecule has 0 saturated heterocycles. The molecule has 0 fully saturated rings. The molecule has 0 aromatic carbocycles. The van der Waals surface area contributed by atoms with E-state index in [2.05, 4.69) is 4.74 Å². The van der Waals surface area contributed by atoms with Crippen LogP contribution in [-0.4, -0.2) is 43.9 Å². The van der Waals surface area contributed by atoms with E-state index in [1.807, 2.05) is 13.8 Å². The van der Waals surface area contributed by atoms with Crippen LogP contribution >= 0.6 is 0 Å². The van der Waals surface area contributed by atoms with Crippen molar-refractivity contribution in [1.29, 1.82) is 0 Å². The number of ketones is 1. The normalized spacial score (nSPS) is 10.2. The van der Waals surface area contributed by atoms with Gasteiger partial charge in [0.2, 0.25) is 5.91 Å². The lowest BCUT2D eigenvalue weighted by atomic mass is 10.1. The van der Waals surface area contributed by atoms with Gasteiger partial charge in [-0.05, 0) is 0 Å². The Morgan fingerprint density at radius 3 is 2.31 bits per heavy atom. The maximum absolute atomic E-state index is 11.2. The monoisotopic (exact) mass is 187 g/mol. The van der Waals surface area contributed by atoms with Crippen LogP contribution < -0.4 is 0 Å². The molecule has 0 unspecified atom stereocenters. The maximum Gasteiger partial charge on any atom is 0.248 e. The predicted molar refractivity (Wildman–Crippen MR) is 49.4 cm³/mol. The number of likely N-dealkylation sites (N-methyl/N-ethyl adjacent to an activating group) is 1. The number of nitrogens with zero attached hydrogens (tertiary/aromatic N) is 1. The number of rotatable bonds is 5. The molecule has 0 aromatic heterocycles. The van der Waals surface area contributed by atoms with Crippen LogP contribution in [0.5, 0.6) is 0 Å². The zero-order valence-corrected chi connectivity index (χ0v) is 8.66. The van der Waals surface area contributed by atoms with E-state index < -0.39 is 0 Å². The van der Waals surface area contributed by atoms with E-state index >= 15 is 0 Å². The van der Waals surface area contributed by atoms with Gasteiger partial charge >= 0.3 is 0 Å². The average Bonchev–Trinajstić information content (AvgIpc) is 2.04. The molecule has 0 heterocycles. The standard InChI is InChI=1S/C9H17NO3/c1-7(2)8(11)5-10(3)9(12)6-13-4/h7H,5-6H2,1-4H3. The quantitative estimate of drug-likeness (QED) is 0.622. The summed E-state index contributed by atoms with van der Waals surface area (Å²) in [5.74, 6) is -0.138. The van der Waals surface area contributed by atoms with E-state index in [1.165, 1.54) is 12.0 Å². The van der Waals surface area contributed by atoms with Gasteiger partial charge in [0.1, 0.15) is 6.61 Å². The minimum absolute atomic E-state index is 0.0296. The van der Waals surface area contributed by atoms with Crippen LogP contribution in [0.2, 0.25) is 0 Å². The van der Waals surface area contributed by atoms with Gasteiger partial charge in [-0.25, -0.2) is 0 Å². The summed E-state index contributed by atoms with van der Waals surface area (Å²) in [4.78, 5) is 23.8. The van der Waals surface area contributed by atoms with Crippen LogP contribution in [0.4, 0.5) is 0 Å². The Morgan fingerprint density at radius 2 is 1.92 bits per heavy atom. The molecule has 0 bridgehead atoms. The molecular weight excluding hydrogens is 170 g/mol. The minimum atomic E-state index is -0.170. The van der Waals surface area contributed by atoms with Gasteiger partial charge in [-0.2, -0.15) is 0 Å². The fourth-order valence-electron chi connectivity index (χ4n) is 0.738. The fourth-order valence-corrected chi connectivity index (χ4v) is 0.738. The van der Waals surface area contributed by atoms with Crippen LogP contribution in [0.15, 0.2) is 0 Å². The Labute approximate surface area is 78.9 Å². The largest absolute Gasteiger partial charge is 0.375 e. The number of hydrogen-bond acceptors (Lipinski definition) is 3. The zero-order valence-electron chi connectivity index (χ0n) is 8.66. The molecular formula is C9H17NO3. The van der Waals surface area contributed by atoms with Crippen molar-refractivity contribution in [3.05, 3.63) is 0 Å². The van der Waals surface area contributed by atoms with Gasteiger partial charge in [-0.3, -0.25) is 9.59 Å². The van der Waals surface area contributed by atoms with Crippen LogP contribution in [0.3, 0.4) is 0 Å². The lowest BCUT2D eigenvalue weighted by Gasteiger charge is -2.16. The SMILES string of the molecule is COCC(=O)N(C)CC(=O)C(C)C. The number of ether oxygens (including phenoxy) is 1. The van der Waals surface area contributed by atoms with Crippen molar-refractivity contribution >= 4 is 11.7 Å². The van der Waals surface area contributed by atoms with Gasteiger partial charge in [0.25, 0.3) is 0 Å². The topological polar surface area (TPSA) is 46.6 Å². The molecule has 0 aliphatic carbocycles. The summed E-state index contributed by atoms with van der Waals surface area (Å²) < 4.78 is 4.66. The van der Waals surface area contributed by atoms with Crippen molar-refractivity contribution in [1.82, 2.24) is 4.90 Å². The third kappa shape index (κ3) is 4.62. The number of methoxy groups -OCH3 is 1. The van der Waals surface area contributed by atoms with E-state index in [0.717, 1.165) is 0 Å². The smallest absolute Gasteiger partial charge is 0.248 e. The third-order valence-electron chi connectivity index (χ3n) is 1.73. The Morgan fingerprint density at radius 1 is 1.38 bits per heavy atom. The second-order valence-corrected chi connectivity index (χ2v) is 3.30. The molecule has 0 aliphatic heterocycles. The van der Waals surface area contributed by atoms with Crippen molar-refractivity contribution < 1.29 is 14.3 Å². The van der Waals surface area contributed by atoms with E-state index in [1.54, 1.807) is 7.05 Å². The summed E-state index contributed by atoms with van der Waals surface area (Å²) in [5.41, 5.74) is 0. The average molecular weight is 187 g/mol. The lowest BCUT2D eigenvalue weighted by Crippen LogP contribution is -2.35. The molecule has 4 heteroatoms. The van der Waals surface area contributed by atoms with Crippen LogP contribution in [0.25, 0.3) is 0 Å². The number of amides is 1. The van der Waals surface area contributed by atoms with E-state index in [-0.39, 0.29) is 30.8 Å². The van der Waals surface area contributed by atoms with E-state index in [9.17, 15) is 9.59 Å². The van der Waals surface area contributed by atoms with Gasteiger partial charge in [-0.15, -0.1) is 0 Å². The summed E-state index contributed by atoms with van der Waals surface area (Å²) in [5, 5.41) is 0. The highest BCUT2D eigenvalue weighted by molar-refractivity contribution is 5.87. The minimum Gasteiger partial charge on any atom is -0.375 e. The molecule has 0 aliphatic rings. The Balaban J connectivity index is 3.92. The van der Waals surface area contributed by atoms with Gasteiger partial charge in [-0.1, -0.05) is 13.8 Å². The first kappa shape index (κ1) is 12.1. The summed E-state index contributed by atoms with van der Waals surface area (Å²) in [7, 11) is 3.05. The molecule has 4 nitrogen and oxygen atoms in total. The first-order chi connectivity index (χ1) is 5.99. The van der Waals surface area contributed by atoms with Gasteiger partial charge in [0.05, 0.1) is 6.54 Å². The van der Waals surface area contributed by atoms with Crippen molar-refractivity contribution in [2.24, 2.45) is 5.92 Å². The molecule has 0 aromatic rings. The summed E-state index contributed by atoms with van der Waals surface area (Å²) in [6, 6.07) is 0. The Bertz CT molecular complexity index is 189. The van der Waals surface area contributed by atoms with Crippen LogP contribution in [0, 0.1) is 5.92 Å². The van der Waals surface area contributed by atoms with Crippen molar-refractivity contribution in [3.63, 3.8) is 0 Å². The van der Waals surface area contributed by atoms with Gasteiger partial charge < -0.3 is 9.64 Å². The van der Waals surface area contributed by atoms with E-state index in [0.29, 0.717) is 0 Å².